The minimum atomic E-state index is -2.89. The van der Waals surface area contributed by atoms with Gasteiger partial charge in [-0.3, -0.25) is 0 Å². The van der Waals surface area contributed by atoms with Crippen molar-refractivity contribution in [2.24, 2.45) is 53.3 Å². The Balaban J connectivity index is 1.49. The molecule has 1 saturated carbocycles. The summed E-state index contributed by atoms with van der Waals surface area (Å²) in [4.78, 5) is 7.66. The maximum absolute atomic E-state index is 11.7. The Morgan fingerprint density at radius 3 is 2.16 bits per heavy atom. The van der Waals surface area contributed by atoms with Gasteiger partial charge in [0, 0.05) is 45.5 Å². The number of nitrogens with zero attached hydrogens (tertiary/aromatic N) is 3. The Bertz CT molecular complexity index is 728. The summed E-state index contributed by atoms with van der Waals surface area (Å²) in [5, 5.41) is 0. The van der Waals surface area contributed by atoms with E-state index in [4.69, 9.17) is 0 Å². The molecule has 0 radical (unpaired) electrons. The van der Waals surface area contributed by atoms with E-state index in [0.29, 0.717) is 18.2 Å². The van der Waals surface area contributed by atoms with Crippen molar-refractivity contribution in [2.45, 2.75) is 33.6 Å². The zero-order valence-electron chi connectivity index (χ0n) is 20.8. The average molecular weight is 454 g/mol. The Kier molecular flexibility index (Phi) is 7.14. The highest BCUT2D eigenvalue weighted by Crippen LogP contribution is 2.53. The monoisotopic (exact) mass is 453 g/mol. The van der Waals surface area contributed by atoms with Crippen LogP contribution in [0.25, 0.3) is 0 Å². The number of fused-ring (bicyclic) bond motifs is 1. The van der Waals surface area contributed by atoms with E-state index >= 15 is 0 Å². The van der Waals surface area contributed by atoms with Crippen molar-refractivity contribution >= 4 is 9.84 Å². The summed E-state index contributed by atoms with van der Waals surface area (Å²) in [7, 11) is 1.77. The van der Waals surface area contributed by atoms with E-state index in [1.165, 1.54) is 45.3 Å². The van der Waals surface area contributed by atoms with Crippen LogP contribution in [0.1, 0.15) is 33.6 Å². The number of sulfone groups is 1. The first kappa shape index (κ1) is 24.0. The molecule has 3 saturated heterocycles. The lowest BCUT2D eigenvalue weighted by Gasteiger charge is -2.51. The highest BCUT2D eigenvalue weighted by Gasteiger charge is 2.52. The smallest absolute Gasteiger partial charge is 0.148 e. The highest BCUT2D eigenvalue weighted by molar-refractivity contribution is 7.90. The predicted octanol–water partition coefficient (Wildman–Crippen LogP) is 2.64. The number of piperidine rings is 2. The van der Waals surface area contributed by atoms with E-state index in [-0.39, 0.29) is 0 Å². The molecule has 0 amide bonds. The molecule has 0 aromatic heterocycles. The van der Waals surface area contributed by atoms with Crippen LogP contribution in [-0.4, -0.2) is 95.0 Å². The van der Waals surface area contributed by atoms with Crippen molar-refractivity contribution in [2.75, 3.05) is 71.9 Å². The molecule has 6 unspecified atom stereocenters. The van der Waals surface area contributed by atoms with Crippen LogP contribution in [-0.2, 0) is 9.84 Å². The summed E-state index contributed by atoms with van der Waals surface area (Å²) < 4.78 is 23.4. The van der Waals surface area contributed by atoms with Gasteiger partial charge in [-0.05, 0) is 86.7 Å². The molecule has 5 nitrogen and oxygen atoms in total. The zero-order valence-corrected chi connectivity index (χ0v) is 21.7. The first-order valence-electron chi connectivity index (χ1n) is 12.8. The maximum Gasteiger partial charge on any atom is 0.148 e. The quantitative estimate of drug-likeness (QED) is 0.640. The van der Waals surface area contributed by atoms with E-state index in [2.05, 4.69) is 49.6 Å². The first-order valence-corrected chi connectivity index (χ1v) is 14.9. The third kappa shape index (κ3) is 5.17. The van der Waals surface area contributed by atoms with Crippen molar-refractivity contribution in [3.8, 4) is 0 Å². The van der Waals surface area contributed by atoms with Gasteiger partial charge in [-0.2, -0.15) is 0 Å². The molecule has 0 spiro atoms. The van der Waals surface area contributed by atoms with Crippen LogP contribution < -0.4 is 0 Å². The Morgan fingerprint density at radius 1 is 0.806 bits per heavy atom. The van der Waals surface area contributed by atoms with Crippen molar-refractivity contribution in [3.63, 3.8) is 0 Å². The van der Waals surface area contributed by atoms with Crippen LogP contribution in [0, 0.1) is 53.3 Å². The fraction of sp³-hybridized carbons (Fsp3) is 1.00. The maximum atomic E-state index is 11.7. The molecule has 3 heterocycles. The lowest BCUT2D eigenvalue weighted by molar-refractivity contribution is -0.0296. The molecule has 0 N–H and O–H groups in total. The van der Waals surface area contributed by atoms with Gasteiger partial charge in [-0.25, -0.2) is 8.42 Å². The van der Waals surface area contributed by atoms with Gasteiger partial charge in [0.05, 0.1) is 5.75 Å². The minimum absolute atomic E-state index is 0.299. The molecule has 4 aliphatic rings. The van der Waals surface area contributed by atoms with Crippen LogP contribution >= 0.6 is 0 Å². The van der Waals surface area contributed by atoms with Gasteiger partial charge in [-0.15, -0.1) is 0 Å². The van der Waals surface area contributed by atoms with Crippen LogP contribution in [0.15, 0.2) is 0 Å². The SMILES string of the molecule is C[C@@H]1C(C2C3CN(C)CC3C[C@H]2C)CN(C)CC1C1CN(CCS(C)(=O)=O)CC[C@@H]1C. The van der Waals surface area contributed by atoms with Crippen LogP contribution in [0.2, 0.25) is 0 Å². The minimum Gasteiger partial charge on any atom is -0.306 e. The molecular weight excluding hydrogens is 406 g/mol. The van der Waals surface area contributed by atoms with E-state index in [1.54, 1.807) is 0 Å². The van der Waals surface area contributed by atoms with E-state index in [9.17, 15) is 8.42 Å². The highest BCUT2D eigenvalue weighted by atomic mass is 32.2. The fourth-order valence-electron chi connectivity index (χ4n) is 8.27. The molecular formula is C25H47N3O2S. The van der Waals surface area contributed by atoms with Crippen molar-refractivity contribution < 1.29 is 8.42 Å². The predicted molar refractivity (Wildman–Crippen MR) is 129 cm³/mol. The molecule has 4 rings (SSSR count). The molecule has 6 heteroatoms. The van der Waals surface area contributed by atoms with Crippen LogP contribution in [0.3, 0.4) is 0 Å². The van der Waals surface area contributed by atoms with E-state index in [1.807, 2.05) is 0 Å². The molecule has 180 valence electrons. The summed E-state index contributed by atoms with van der Waals surface area (Å²) in [5.41, 5.74) is 0. The second-order valence-corrected chi connectivity index (χ2v) is 14.5. The third-order valence-corrected chi connectivity index (χ3v) is 10.7. The summed E-state index contributed by atoms with van der Waals surface area (Å²) in [6, 6.07) is 0. The molecule has 3 aliphatic heterocycles. The molecule has 0 bridgehead atoms. The lowest BCUT2D eigenvalue weighted by Crippen LogP contribution is -2.54. The van der Waals surface area contributed by atoms with E-state index < -0.39 is 9.84 Å². The molecule has 9 atom stereocenters. The average Bonchev–Trinajstić information content (AvgIpc) is 3.16. The number of hydrogen-bond acceptors (Lipinski definition) is 5. The summed E-state index contributed by atoms with van der Waals surface area (Å²) in [6.07, 6.45) is 4.01. The van der Waals surface area contributed by atoms with Crippen LogP contribution in [0.5, 0.6) is 0 Å². The fourth-order valence-corrected chi connectivity index (χ4v) is 8.86. The Labute approximate surface area is 191 Å². The van der Waals surface area contributed by atoms with Gasteiger partial charge in [0.1, 0.15) is 9.84 Å². The largest absolute Gasteiger partial charge is 0.306 e. The Hall–Kier alpha value is -0.170. The normalized spacial score (nSPS) is 45.8. The Morgan fingerprint density at radius 2 is 1.45 bits per heavy atom. The van der Waals surface area contributed by atoms with Gasteiger partial charge in [0.25, 0.3) is 0 Å². The molecule has 31 heavy (non-hydrogen) atoms. The van der Waals surface area contributed by atoms with Gasteiger partial charge in [-0.1, -0.05) is 20.8 Å². The van der Waals surface area contributed by atoms with Gasteiger partial charge < -0.3 is 14.7 Å². The van der Waals surface area contributed by atoms with Crippen molar-refractivity contribution in [1.29, 1.82) is 0 Å². The number of likely N-dealkylation sites (tertiary alicyclic amines) is 3. The number of hydrogen-bond donors (Lipinski definition) is 0. The van der Waals surface area contributed by atoms with Gasteiger partial charge in [0.2, 0.25) is 0 Å². The second-order valence-electron chi connectivity index (χ2n) is 12.2. The summed E-state index contributed by atoms with van der Waals surface area (Å²) in [6.45, 7) is 15.5. The molecule has 1 aliphatic carbocycles. The standard InChI is InChI=1S/C25H47N3O2S/c1-17-7-8-28(9-10-31(6,29)30)16-21(17)22-13-27(5)14-23(19(22)3)25-18(2)11-20-12-26(4)15-24(20)25/h17-25H,7-16H2,1-6H3/t17-,18+,19-,20?,21?,22?,23?,24?,25?/m0/s1. The molecule has 0 aromatic carbocycles. The van der Waals surface area contributed by atoms with Gasteiger partial charge >= 0.3 is 0 Å². The zero-order chi connectivity index (χ0) is 22.5. The lowest BCUT2D eigenvalue weighted by atomic mass is 9.62. The van der Waals surface area contributed by atoms with Crippen molar-refractivity contribution in [3.05, 3.63) is 0 Å². The molecule has 4 fully saturated rings. The first-order chi connectivity index (χ1) is 14.5. The van der Waals surface area contributed by atoms with Crippen LogP contribution in [0.4, 0.5) is 0 Å². The topological polar surface area (TPSA) is 43.9 Å². The van der Waals surface area contributed by atoms with Crippen molar-refractivity contribution in [1.82, 2.24) is 14.7 Å². The molecule has 0 aromatic rings. The number of rotatable bonds is 5. The summed E-state index contributed by atoms with van der Waals surface area (Å²) in [5.74, 6) is 7.56. The van der Waals surface area contributed by atoms with Gasteiger partial charge in [0.15, 0.2) is 0 Å². The second kappa shape index (κ2) is 9.23. The third-order valence-electron chi connectivity index (χ3n) is 9.82. The van der Waals surface area contributed by atoms with E-state index in [0.717, 1.165) is 60.4 Å². The summed E-state index contributed by atoms with van der Waals surface area (Å²) >= 11 is 0.